The molecular formula is C26H34O3. The van der Waals surface area contributed by atoms with E-state index in [-0.39, 0.29) is 24.4 Å². The summed E-state index contributed by atoms with van der Waals surface area (Å²) in [6, 6.07) is 21.5. The average Bonchev–Trinajstić information content (AvgIpc) is 2.67. The van der Waals surface area contributed by atoms with Crippen LogP contribution in [0.4, 0.5) is 0 Å². The van der Waals surface area contributed by atoms with Gasteiger partial charge in [0, 0.05) is 13.2 Å². The Morgan fingerprint density at radius 2 is 1.10 bits per heavy atom. The fourth-order valence-electron chi connectivity index (χ4n) is 4.31. The Hall–Kier alpha value is -1.68. The normalized spacial score (nSPS) is 23.0. The minimum Gasteiger partial charge on any atom is -0.375 e. The van der Waals surface area contributed by atoms with Crippen LogP contribution in [-0.4, -0.2) is 37.6 Å². The predicted octanol–water partition coefficient (Wildman–Crippen LogP) is 5.36. The van der Waals surface area contributed by atoms with Crippen molar-refractivity contribution in [1.29, 1.82) is 0 Å². The summed E-state index contributed by atoms with van der Waals surface area (Å²) in [5.74, 6) is 0. The maximum Gasteiger partial charge on any atom is 0.0858 e. The summed E-state index contributed by atoms with van der Waals surface area (Å²) >= 11 is 0. The van der Waals surface area contributed by atoms with Gasteiger partial charge in [-0.2, -0.15) is 0 Å². The van der Waals surface area contributed by atoms with Crippen molar-refractivity contribution in [3.8, 4) is 0 Å². The van der Waals surface area contributed by atoms with Gasteiger partial charge in [-0.3, -0.25) is 0 Å². The number of aryl methyl sites for hydroxylation is 2. The molecule has 2 aromatic rings. The topological polar surface area (TPSA) is 27.7 Å². The van der Waals surface area contributed by atoms with E-state index in [4.69, 9.17) is 14.2 Å². The number of ether oxygens (including phenoxy) is 3. The fourth-order valence-corrected chi connectivity index (χ4v) is 4.31. The third kappa shape index (κ3) is 6.15. The smallest absolute Gasteiger partial charge is 0.0858 e. The molecule has 0 aliphatic carbocycles. The number of rotatable bonds is 12. The standard InChI is InChI=1S/C26H34O3/c1-3-9-21(10-4-1)13-7-15-25(23-17-19-27-23)29-26(24-18-20-28-24)16-8-14-22-11-5-2-6-12-22/h1-6,9-12,23-26H,7-8,13-20H2. The van der Waals surface area contributed by atoms with E-state index in [2.05, 4.69) is 60.7 Å². The van der Waals surface area contributed by atoms with Gasteiger partial charge in [-0.25, -0.2) is 0 Å². The molecule has 0 N–H and O–H groups in total. The Labute approximate surface area is 175 Å². The molecule has 2 fully saturated rings. The Morgan fingerprint density at radius 3 is 1.45 bits per heavy atom. The van der Waals surface area contributed by atoms with Crippen molar-refractivity contribution in [2.24, 2.45) is 0 Å². The highest BCUT2D eigenvalue weighted by molar-refractivity contribution is 5.15. The third-order valence-corrected chi connectivity index (χ3v) is 6.24. The molecule has 0 saturated carbocycles. The van der Waals surface area contributed by atoms with Gasteiger partial charge in [-0.05, 0) is 62.5 Å². The van der Waals surface area contributed by atoms with E-state index in [0.29, 0.717) is 0 Å². The average molecular weight is 395 g/mol. The first-order valence-electron chi connectivity index (χ1n) is 11.3. The molecule has 2 aliphatic heterocycles. The molecule has 0 spiro atoms. The lowest BCUT2D eigenvalue weighted by molar-refractivity contribution is -0.202. The highest BCUT2D eigenvalue weighted by Crippen LogP contribution is 2.29. The van der Waals surface area contributed by atoms with Gasteiger partial charge in [-0.1, -0.05) is 60.7 Å². The lowest BCUT2D eigenvalue weighted by Gasteiger charge is -2.40. The van der Waals surface area contributed by atoms with Crippen LogP contribution in [0.2, 0.25) is 0 Å². The Kier molecular flexibility index (Phi) is 7.75. The van der Waals surface area contributed by atoms with Crippen molar-refractivity contribution < 1.29 is 14.2 Å². The molecule has 156 valence electrons. The van der Waals surface area contributed by atoms with Crippen molar-refractivity contribution in [3.63, 3.8) is 0 Å². The minimum absolute atomic E-state index is 0.193. The van der Waals surface area contributed by atoms with Gasteiger partial charge in [-0.15, -0.1) is 0 Å². The lowest BCUT2D eigenvalue weighted by Crippen LogP contribution is -2.47. The van der Waals surface area contributed by atoms with Gasteiger partial charge in [0.25, 0.3) is 0 Å². The van der Waals surface area contributed by atoms with Gasteiger partial charge < -0.3 is 14.2 Å². The number of benzene rings is 2. The summed E-state index contributed by atoms with van der Waals surface area (Å²) in [5, 5.41) is 0. The van der Waals surface area contributed by atoms with E-state index in [1.165, 1.54) is 11.1 Å². The molecule has 2 aliphatic rings. The SMILES string of the molecule is c1ccc(CCCC(OC(CCCc2ccccc2)C2CCO2)C2CCO2)cc1. The summed E-state index contributed by atoms with van der Waals surface area (Å²) in [4.78, 5) is 0. The molecule has 4 rings (SSSR count). The van der Waals surface area contributed by atoms with Crippen molar-refractivity contribution in [1.82, 2.24) is 0 Å². The summed E-state index contributed by atoms with van der Waals surface area (Å²) < 4.78 is 18.4. The van der Waals surface area contributed by atoms with Crippen molar-refractivity contribution >= 4 is 0 Å². The van der Waals surface area contributed by atoms with E-state index in [0.717, 1.165) is 64.6 Å². The van der Waals surface area contributed by atoms with Crippen LogP contribution in [0.5, 0.6) is 0 Å². The molecule has 2 saturated heterocycles. The number of hydrogen-bond donors (Lipinski definition) is 0. The molecule has 2 aromatic carbocycles. The highest BCUT2D eigenvalue weighted by Gasteiger charge is 2.35. The molecule has 4 unspecified atom stereocenters. The second-order valence-electron chi connectivity index (χ2n) is 8.36. The van der Waals surface area contributed by atoms with Crippen molar-refractivity contribution in [3.05, 3.63) is 71.8 Å². The number of hydrogen-bond acceptors (Lipinski definition) is 3. The Bertz CT molecular complexity index is 633. The predicted molar refractivity (Wildman–Crippen MR) is 116 cm³/mol. The van der Waals surface area contributed by atoms with Gasteiger partial charge in [0.05, 0.1) is 24.4 Å². The van der Waals surface area contributed by atoms with E-state index >= 15 is 0 Å². The molecule has 0 radical (unpaired) electrons. The summed E-state index contributed by atoms with van der Waals surface area (Å²) in [5.41, 5.74) is 2.81. The zero-order valence-electron chi connectivity index (χ0n) is 17.4. The van der Waals surface area contributed by atoms with Crippen LogP contribution in [0, 0.1) is 0 Å². The third-order valence-electron chi connectivity index (χ3n) is 6.24. The van der Waals surface area contributed by atoms with Crippen LogP contribution in [0.1, 0.15) is 49.7 Å². The van der Waals surface area contributed by atoms with Gasteiger partial charge in [0.15, 0.2) is 0 Å². The van der Waals surface area contributed by atoms with Crippen molar-refractivity contribution in [2.45, 2.75) is 75.8 Å². The highest BCUT2D eigenvalue weighted by atomic mass is 16.6. The van der Waals surface area contributed by atoms with Gasteiger partial charge >= 0.3 is 0 Å². The Morgan fingerprint density at radius 1 is 0.690 bits per heavy atom. The second-order valence-corrected chi connectivity index (χ2v) is 8.36. The first-order chi connectivity index (χ1) is 14.4. The monoisotopic (exact) mass is 394 g/mol. The molecule has 0 bridgehead atoms. The van der Waals surface area contributed by atoms with Crippen LogP contribution in [-0.2, 0) is 27.1 Å². The van der Waals surface area contributed by atoms with E-state index < -0.39 is 0 Å². The van der Waals surface area contributed by atoms with E-state index in [9.17, 15) is 0 Å². The quantitative estimate of drug-likeness (QED) is 0.485. The summed E-state index contributed by atoms with van der Waals surface area (Å²) in [7, 11) is 0. The van der Waals surface area contributed by atoms with Crippen LogP contribution in [0.15, 0.2) is 60.7 Å². The molecule has 0 amide bonds. The maximum atomic E-state index is 6.68. The molecule has 4 atom stereocenters. The molecule has 3 nitrogen and oxygen atoms in total. The summed E-state index contributed by atoms with van der Waals surface area (Å²) in [6.07, 6.45) is 9.76. The maximum absolute atomic E-state index is 6.68. The van der Waals surface area contributed by atoms with E-state index in [1.54, 1.807) is 0 Å². The first-order valence-corrected chi connectivity index (χ1v) is 11.3. The minimum atomic E-state index is 0.193. The first kappa shape index (κ1) is 20.6. The van der Waals surface area contributed by atoms with Crippen LogP contribution in [0.3, 0.4) is 0 Å². The van der Waals surface area contributed by atoms with Gasteiger partial charge in [0.1, 0.15) is 0 Å². The molecule has 2 heterocycles. The fraction of sp³-hybridized carbons (Fsp3) is 0.538. The zero-order chi connectivity index (χ0) is 19.7. The Balaban J connectivity index is 1.29. The molecule has 0 aromatic heterocycles. The molecular weight excluding hydrogens is 360 g/mol. The van der Waals surface area contributed by atoms with Crippen LogP contribution < -0.4 is 0 Å². The molecule has 3 heteroatoms. The second kappa shape index (κ2) is 10.9. The van der Waals surface area contributed by atoms with Crippen LogP contribution in [0.25, 0.3) is 0 Å². The molecule has 29 heavy (non-hydrogen) atoms. The zero-order valence-corrected chi connectivity index (χ0v) is 17.4. The lowest BCUT2D eigenvalue weighted by atomic mass is 9.96. The van der Waals surface area contributed by atoms with Crippen LogP contribution >= 0.6 is 0 Å². The summed E-state index contributed by atoms with van der Waals surface area (Å²) in [6.45, 7) is 1.75. The largest absolute Gasteiger partial charge is 0.375 e. The van der Waals surface area contributed by atoms with Gasteiger partial charge in [0.2, 0.25) is 0 Å². The van der Waals surface area contributed by atoms with Crippen molar-refractivity contribution in [2.75, 3.05) is 13.2 Å². The van der Waals surface area contributed by atoms with E-state index in [1.807, 2.05) is 0 Å².